The van der Waals surface area contributed by atoms with Crippen molar-refractivity contribution in [1.82, 2.24) is 4.31 Å². The van der Waals surface area contributed by atoms with Gasteiger partial charge in [-0.3, -0.25) is 4.79 Å². The molecule has 0 heterocycles. The van der Waals surface area contributed by atoms with Crippen molar-refractivity contribution >= 4 is 39.1 Å². The zero-order valence-electron chi connectivity index (χ0n) is 14.3. The van der Waals surface area contributed by atoms with Crippen molar-refractivity contribution in [3.63, 3.8) is 0 Å². The lowest BCUT2D eigenvalue weighted by atomic mass is 10.2. The summed E-state index contributed by atoms with van der Waals surface area (Å²) in [5.41, 5.74) is -1.37. The first-order valence-electron chi connectivity index (χ1n) is 7.48. The molecule has 0 bridgehead atoms. The van der Waals surface area contributed by atoms with Crippen molar-refractivity contribution < 1.29 is 40.6 Å². The molecular formula is C16H11Cl2F4NO5S. The second kappa shape index (κ2) is 8.74. The van der Waals surface area contributed by atoms with Gasteiger partial charge in [-0.25, -0.2) is 30.3 Å². The van der Waals surface area contributed by atoms with Gasteiger partial charge in [-0.1, -0.05) is 23.2 Å². The van der Waals surface area contributed by atoms with Crippen molar-refractivity contribution in [2.45, 2.75) is 11.5 Å². The van der Waals surface area contributed by atoms with Crippen LogP contribution in [0.1, 0.15) is 5.56 Å². The molecule has 2 aromatic rings. The highest BCUT2D eigenvalue weighted by Crippen LogP contribution is 2.30. The van der Waals surface area contributed by atoms with Gasteiger partial charge in [0.1, 0.15) is 10.6 Å². The molecule has 1 amide bonds. The molecule has 2 aromatic carbocycles. The first-order valence-corrected chi connectivity index (χ1v) is 9.68. The van der Waals surface area contributed by atoms with Gasteiger partial charge < -0.3 is 9.84 Å². The predicted octanol–water partition coefficient (Wildman–Crippen LogP) is 3.27. The number of rotatable bonds is 6. The van der Waals surface area contributed by atoms with E-state index in [2.05, 4.69) is 0 Å². The van der Waals surface area contributed by atoms with E-state index in [1.54, 1.807) is 0 Å². The van der Waals surface area contributed by atoms with Crippen LogP contribution in [0.15, 0.2) is 23.1 Å². The number of amides is 1. The fraction of sp³-hybridized carbons (Fsp3) is 0.188. The van der Waals surface area contributed by atoms with E-state index in [1.165, 1.54) is 18.2 Å². The van der Waals surface area contributed by atoms with Gasteiger partial charge in [-0.05, 0) is 18.2 Å². The molecule has 0 aliphatic carbocycles. The average Bonchev–Trinajstić information content (AvgIpc) is 2.67. The number of aliphatic hydroxyl groups is 1. The van der Waals surface area contributed by atoms with E-state index in [9.17, 15) is 30.8 Å². The topological polar surface area (TPSA) is 83.9 Å². The average molecular weight is 476 g/mol. The number of carbonyl (C=O) groups excluding carboxylic acids is 1. The van der Waals surface area contributed by atoms with Crippen LogP contribution in [0.4, 0.5) is 17.6 Å². The summed E-state index contributed by atoms with van der Waals surface area (Å²) in [6.45, 7) is -2.40. The van der Waals surface area contributed by atoms with E-state index in [0.717, 1.165) is 0 Å². The van der Waals surface area contributed by atoms with Crippen molar-refractivity contribution in [3.8, 4) is 5.75 Å². The second-order valence-corrected chi connectivity index (χ2v) is 8.20. The Hall–Kier alpha value is -2.08. The first-order chi connectivity index (χ1) is 13.4. The Morgan fingerprint density at radius 3 is 2.24 bits per heavy atom. The number of hydrogen-bond donors (Lipinski definition) is 1. The van der Waals surface area contributed by atoms with Gasteiger partial charge in [0, 0.05) is 17.6 Å². The lowest BCUT2D eigenvalue weighted by Gasteiger charge is -2.20. The third-order valence-corrected chi connectivity index (χ3v) is 6.09. The molecular weight excluding hydrogens is 465 g/mol. The van der Waals surface area contributed by atoms with Gasteiger partial charge in [-0.15, -0.1) is 0 Å². The van der Waals surface area contributed by atoms with Crippen molar-refractivity contribution in [2.75, 3.05) is 13.7 Å². The minimum absolute atomic E-state index is 0.00657. The highest BCUT2D eigenvalue weighted by atomic mass is 35.5. The van der Waals surface area contributed by atoms with E-state index < -0.39 is 62.9 Å². The SMILES string of the molecule is CN(C(=O)COc1ccc(Cl)cc1Cl)S(=O)(=O)c1c(F)c(F)c(F)c(F)c1CO. The standard InChI is InChI=1S/C16H11Cl2F4NO5S/c1-23(11(25)6-28-10-3-2-7(17)4-9(10)18)29(26,27)16-8(5-24)12(19)13(20)14(21)15(16)22/h2-4,24H,5-6H2,1H3. The molecule has 0 aliphatic heterocycles. The molecule has 13 heteroatoms. The first kappa shape index (κ1) is 23.2. The van der Waals surface area contributed by atoms with Crippen molar-refractivity contribution in [1.29, 1.82) is 0 Å². The summed E-state index contributed by atoms with van der Waals surface area (Å²) in [5, 5.41) is 9.39. The number of likely N-dealkylation sites (N-methyl/N-ethyl adjacent to an activating group) is 1. The van der Waals surface area contributed by atoms with Crippen LogP contribution in [0.5, 0.6) is 5.75 Å². The number of benzene rings is 2. The Kier molecular flexibility index (Phi) is 6.99. The molecule has 1 N–H and O–H groups in total. The molecule has 0 fully saturated rings. The number of halogens is 6. The van der Waals surface area contributed by atoms with Crippen molar-refractivity contribution in [3.05, 3.63) is 57.1 Å². The van der Waals surface area contributed by atoms with Gasteiger partial charge in [0.2, 0.25) is 0 Å². The highest BCUT2D eigenvalue weighted by molar-refractivity contribution is 7.89. The Bertz CT molecular complexity index is 1080. The number of carbonyl (C=O) groups is 1. The number of hydrogen-bond acceptors (Lipinski definition) is 5. The summed E-state index contributed by atoms with van der Waals surface area (Å²) >= 11 is 11.5. The third-order valence-electron chi connectivity index (χ3n) is 3.69. The van der Waals surface area contributed by atoms with Gasteiger partial charge in [-0.2, -0.15) is 0 Å². The van der Waals surface area contributed by atoms with Gasteiger partial charge in [0.25, 0.3) is 15.9 Å². The molecule has 0 saturated heterocycles. The summed E-state index contributed by atoms with van der Waals surface area (Å²) in [6, 6.07) is 3.96. The largest absolute Gasteiger partial charge is 0.482 e. The minimum atomic E-state index is -5.23. The molecule has 0 aromatic heterocycles. The minimum Gasteiger partial charge on any atom is -0.482 e. The van der Waals surface area contributed by atoms with Crippen LogP contribution < -0.4 is 4.74 Å². The molecule has 0 atom stereocenters. The molecule has 0 aliphatic rings. The lowest BCUT2D eigenvalue weighted by Crippen LogP contribution is -2.38. The monoisotopic (exact) mass is 475 g/mol. The predicted molar refractivity (Wildman–Crippen MR) is 94.1 cm³/mol. The van der Waals surface area contributed by atoms with Crippen LogP contribution in [0.2, 0.25) is 10.0 Å². The highest BCUT2D eigenvalue weighted by Gasteiger charge is 2.36. The summed E-state index contributed by atoms with van der Waals surface area (Å²) in [4.78, 5) is 10.5. The van der Waals surface area contributed by atoms with E-state index in [0.29, 0.717) is 7.05 Å². The smallest absolute Gasteiger partial charge is 0.273 e. The van der Waals surface area contributed by atoms with Gasteiger partial charge in [0.05, 0.1) is 11.6 Å². The number of ether oxygens (including phenoxy) is 1. The number of sulfonamides is 1. The fourth-order valence-electron chi connectivity index (χ4n) is 2.16. The van der Waals surface area contributed by atoms with E-state index in [4.69, 9.17) is 33.0 Å². The Labute approximate surface area is 172 Å². The van der Waals surface area contributed by atoms with Crippen LogP contribution >= 0.6 is 23.2 Å². The maximum absolute atomic E-state index is 14.1. The molecule has 29 heavy (non-hydrogen) atoms. The summed E-state index contributed by atoms with van der Waals surface area (Å²) in [6.07, 6.45) is 0. The zero-order chi connectivity index (χ0) is 22.1. The zero-order valence-corrected chi connectivity index (χ0v) is 16.7. The molecule has 2 rings (SSSR count). The molecule has 0 spiro atoms. The van der Waals surface area contributed by atoms with Crippen LogP contribution in [0.3, 0.4) is 0 Å². The third kappa shape index (κ3) is 4.42. The lowest BCUT2D eigenvalue weighted by molar-refractivity contribution is -0.127. The summed E-state index contributed by atoms with van der Waals surface area (Å²) in [7, 11) is -4.57. The van der Waals surface area contributed by atoms with E-state index in [-0.39, 0.29) is 20.1 Å². The quantitative estimate of drug-likeness (QED) is 0.393. The number of aliphatic hydroxyl groups excluding tert-OH is 1. The van der Waals surface area contributed by atoms with Gasteiger partial charge >= 0.3 is 0 Å². The van der Waals surface area contributed by atoms with Crippen LogP contribution in [0.25, 0.3) is 0 Å². The van der Waals surface area contributed by atoms with E-state index >= 15 is 0 Å². The van der Waals surface area contributed by atoms with Crippen LogP contribution in [-0.4, -0.2) is 37.4 Å². The van der Waals surface area contributed by atoms with Crippen molar-refractivity contribution in [2.24, 2.45) is 0 Å². The summed E-state index contributed by atoms with van der Waals surface area (Å²) < 4.78 is 84.7. The molecule has 0 radical (unpaired) electrons. The normalized spacial score (nSPS) is 11.4. The molecule has 0 unspecified atom stereocenters. The molecule has 6 nitrogen and oxygen atoms in total. The van der Waals surface area contributed by atoms with E-state index in [1.807, 2.05) is 0 Å². The second-order valence-electron chi connectivity index (χ2n) is 5.45. The Balaban J connectivity index is 2.37. The maximum atomic E-state index is 14.1. The Morgan fingerprint density at radius 2 is 1.69 bits per heavy atom. The fourth-order valence-corrected chi connectivity index (χ4v) is 4.00. The van der Waals surface area contributed by atoms with Gasteiger partial charge in [0.15, 0.2) is 29.9 Å². The summed E-state index contributed by atoms with van der Waals surface area (Å²) in [5.74, 6) is -10.4. The molecule has 0 saturated carbocycles. The maximum Gasteiger partial charge on any atom is 0.273 e. The Morgan fingerprint density at radius 1 is 1.10 bits per heavy atom. The molecule has 158 valence electrons. The van der Waals surface area contributed by atoms with Crippen LogP contribution in [0, 0.1) is 23.3 Å². The van der Waals surface area contributed by atoms with Crippen LogP contribution in [-0.2, 0) is 21.4 Å². The number of nitrogens with zero attached hydrogens (tertiary/aromatic N) is 1.